The van der Waals surface area contributed by atoms with Gasteiger partial charge < -0.3 is 5.32 Å². The van der Waals surface area contributed by atoms with Crippen LogP contribution < -0.4 is 10.3 Å². The van der Waals surface area contributed by atoms with E-state index in [1.807, 2.05) is 0 Å². The maximum atomic E-state index is 12.0. The lowest BCUT2D eigenvalue weighted by atomic mass is 10.2. The Bertz CT molecular complexity index is 599. The first-order valence-corrected chi connectivity index (χ1v) is 6.80. The van der Waals surface area contributed by atoms with Gasteiger partial charge in [-0.3, -0.25) is 9.59 Å². The molecule has 1 heterocycles. The number of carbonyl (C=O) groups is 2. The average molecular weight is 314 g/mol. The maximum absolute atomic E-state index is 12.0. The van der Waals surface area contributed by atoms with Gasteiger partial charge in [0.2, 0.25) is 5.91 Å². The molecule has 7 heteroatoms. The Balaban J connectivity index is 2.25. The summed E-state index contributed by atoms with van der Waals surface area (Å²) in [6, 6.07) is 4.77. The Morgan fingerprint density at radius 3 is 2.75 bits per heavy atom. The van der Waals surface area contributed by atoms with Crippen molar-refractivity contribution in [1.82, 2.24) is 5.32 Å². The topological polar surface area (TPSA) is 61.8 Å². The number of hydrogen-bond acceptors (Lipinski definition) is 3. The van der Waals surface area contributed by atoms with Crippen molar-refractivity contribution in [2.45, 2.75) is 20.3 Å². The van der Waals surface area contributed by atoms with Crippen LogP contribution in [0.25, 0.3) is 0 Å². The number of hydrazone groups is 1. The Labute approximate surface area is 126 Å². The highest BCUT2D eigenvalue weighted by atomic mass is 35.5. The van der Waals surface area contributed by atoms with Crippen molar-refractivity contribution in [3.05, 3.63) is 28.2 Å². The minimum absolute atomic E-state index is 0.0291. The van der Waals surface area contributed by atoms with Gasteiger partial charge in [-0.2, -0.15) is 10.1 Å². The molecular weight excluding hydrogens is 301 g/mol. The highest BCUT2D eigenvalue weighted by Crippen LogP contribution is 2.31. The Hall–Kier alpha value is -1.59. The first kappa shape index (κ1) is 14.8. The lowest BCUT2D eigenvalue weighted by molar-refractivity contribution is -0.122. The van der Waals surface area contributed by atoms with E-state index in [4.69, 9.17) is 23.2 Å². The summed E-state index contributed by atoms with van der Waals surface area (Å²) in [7, 11) is 0. The smallest absolute Gasteiger partial charge is 0.255 e. The van der Waals surface area contributed by atoms with Crippen LogP contribution in [0, 0.1) is 5.92 Å². The van der Waals surface area contributed by atoms with E-state index in [2.05, 4.69) is 10.4 Å². The van der Waals surface area contributed by atoms with Crippen LogP contribution >= 0.6 is 23.2 Å². The van der Waals surface area contributed by atoms with Crippen LogP contribution in [0.15, 0.2) is 23.3 Å². The van der Waals surface area contributed by atoms with E-state index in [0.29, 0.717) is 21.6 Å². The van der Waals surface area contributed by atoms with Crippen LogP contribution in [-0.2, 0) is 9.59 Å². The van der Waals surface area contributed by atoms with Crippen LogP contribution in [0.2, 0.25) is 10.0 Å². The van der Waals surface area contributed by atoms with Gasteiger partial charge in [0.05, 0.1) is 17.1 Å². The summed E-state index contributed by atoms with van der Waals surface area (Å²) in [4.78, 5) is 23.6. The fraction of sp³-hybridized carbons (Fsp3) is 0.308. The molecule has 0 radical (unpaired) electrons. The molecule has 1 aromatic carbocycles. The van der Waals surface area contributed by atoms with Gasteiger partial charge in [-0.05, 0) is 18.2 Å². The van der Waals surface area contributed by atoms with Gasteiger partial charge in [0.25, 0.3) is 5.91 Å². The Morgan fingerprint density at radius 1 is 1.40 bits per heavy atom. The summed E-state index contributed by atoms with van der Waals surface area (Å²) in [6.07, 6.45) is 0.0291. The second kappa shape index (κ2) is 5.81. The van der Waals surface area contributed by atoms with Gasteiger partial charge in [0.15, 0.2) is 0 Å². The molecule has 0 unspecified atom stereocenters. The lowest BCUT2D eigenvalue weighted by Gasteiger charge is -2.13. The third-order valence-corrected chi connectivity index (χ3v) is 3.26. The van der Waals surface area contributed by atoms with E-state index in [9.17, 15) is 9.59 Å². The number of carbonyl (C=O) groups excluding carboxylic acids is 2. The van der Waals surface area contributed by atoms with Crippen molar-refractivity contribution < 1.29 is 9.59 Å². The Kier molecular flexibility index (Phi) is 4.30. The number of anilines is 1. The normalized spacial score (nSPS) is 14.8. The number of nitrogens with zero attached hydrogens (tertiary/aromatic N) is 2. The molecule has 0 atom stereocenters. The third-order valence-electron chi connectivity index (χ3n) is 2.70. The molecule has 0 spiro atoms. The predicted octanol–water partition coefficient (Wildman–Crippen LogP) is 2.82. The van der Waals surface area contributed by atoms with Gasteiger partial charge in [-0.15, -0.1) is 0 Å². The van der Waals surface area contributed by atoms with Gasteiger partial charge in [-0.25, -0.2) is 0 Å². The second-order valence-electron chi connectivity index (χ2n) is 4.67. The lowest BCUT2D eigenvalue weighted by Crippen LogP contribution is -2.33. The molecule has 1 aromatic rings. The molecule has 2 amide bonds. The molecule has 20 heavy (non-hydrogen) atoms. The van der Waals surface area contributed by atoms with Gasteiger partial charge >= 0.3 is 0 Å². The van der Waals surface area contributed by atoms with Crippen molar-refractivity contribution in [2.75, 3.05) is 5.01 Å². The number of hydrogen-bond donors (Lipinski definition) is 1. The monoisotopic (exact) mass is 313 g/mol. The largest absolute Gasteiger partial charge is 0.312 e. The number of benzene rings is 1. The summed E-state index contributed by atoms with van der Waals surface area (Å²) in [5.41, 5.74) is 0.401. The highest BCUT2D eigenvalue weighted by Gasteiger charge is 2.28. The minimum atomic E-state index is -0.270. The van der Waals surface area contributed by atoms with Crippen molar-refractivity contribution in [3.63, 3.8) is 0 Å². The quantitative estimate of drug-likeness (QED) is 0.912. The zero-order chi connectivity index (χ0) is 14.9. The van der Waals surface area contributed by atoms with Crippen LogP contribution in [0.4, 0.5) is 5.69 Å². The number of nitrogens with one attached hydrogen (secondary N) is 1. The average Bonchev–Trinajstić information content (AvgIpc) is 2.73. The van der Waals surface area contributed by atoms with Crippen LogP contribution in [0.5, 0.6) is 0 Å². The summed E-state index contributed by atoms with van der Waals surface area (Å²) >= 11 is 11.9. The first-order valence-electron chi connectivity index (χ1n) is 6.05. The first-order chi connectivity index (χ1) is 9.38. The van der Waals surface area contributed by atoms with Crippen molar-refractivity contribution >= 4 is 46.5 Å². The van der Waals surface area contributed by atoms with E-state index >= 15 is 0 Å². The summed E-state index contributed by atoms with van der Waals surface area (Å²) < 4.78 is 0. The predicted molar refractivity (Wildman–Crippen MR) is 79.0 cm³/mol. The number of amides is 2. The molecule has 1 aliphatic rings. The van der Waals surface area contributed by atoms with Crippen LogP contribution in [0.3, 0.4) is 0 Å². The summed E-state index contributed by atoms with van der Waals surface area (Å²) in [5.74, 6) is -0.329. The molecule has 5 nitrogen and oxygen atoms in total. The fourth-order valence-corrected chi connectivity index (χ4v) is 1.99. The molecule has 0 aliphatic carbocycles. The standard InChI is InChI=1S/C13H13Cl2N3O2/c1-7(2)13(20)16-11-6-12(19)18(17-11)10-5-8(14)3-4-9(10)15/h3-5,7H,6H2,1-2H3,(H,16,17,20). The van der Waals surface area contributed by atoms with E-state index in [1.54, 1.807) is 32.0 Å². The minimum Gasteiger partial charge on any atom is -0.312 e. The van der Waals surface area contributed by atoms with Gasteiger partial charge in [-0.1, -0.05) is 37.0 Å². The van der Waals surface area contributed by atoms with E-state index in [-0.39, 0.29) is 24.2 Å². The van der Waals surface area contributed by atoms with E-state index in [0.717, 1.165) is 5.01 Å². The zero-order valence-corrected chi connectivity index (χ0v) is 12.5. The second-order valence-corrected chi connectivity index (χ2v) is 5.51. The van der Waals surface area contributed by atoms with Crippen LogP contribution in [-0.4, -0.2) is 17.6 Å². The molecule has 0 aromatic heterocycles. The summed E-state index contributed by atoms with van der Waals surface area (Å²) in [5, 5.41) is 8.68. The number of halogens is 2. The molecule has 0 bridgehead atoms. The van der Waals surface area contributed by atoms with E-state index in [1.165, 1.54) is 0 Å². The molecule has 1 N–H and O–H groups in total. The molecular formula is C13H13Cl2N3O2. The van der Waals surface area contributed by atoms with Crippen LogP contribution in [0.1, 0.15) is 20.3 Å². The number of rotatable bonds is 2. The molecule has 0 saturated carbocycles. The maximum Gasteiger partial charge on any atom is 0.255 e. The van der Waals surface area contributed by atoms with Crippen molar-refractivity contribution in [3.8, 4) is 0 Å². The SMILES string of the molecule is CC(C)C(=O)NC1=NN(c2cc(Cl)ccc2Cl)C(=O)C1. The molecule has 2 rings (SSSR count). The van der Waals surface area contributed by atoms with E-state index < -0.39 is 0 Å². The van der Waals surface area contributed by atoms with Crippen molar-refractivity contribution in [2.24, 2.45) is 11.0 Å². The molecule has 1 aliphatic heterocycles. The molecule has 106 valence electrons. The Morgan fingerprint density at radius 2 is 2.10 bits per heavy atom. The van der Waals surface area contributed by atoms with Crippen molar-refractivity contribution in [1.29, 1.82) is 0 Å². The zero-order valence-electron chi connectivity index (χ0n) is 11.0. The molecule has 0 saturated heterocycles. The van der Waals surface area contributed by atoms with Gasteiger partial charge in [0, 0.05) is 10.9 Å². The third kappa shape index (κ3) is 3.11. The number of amidine groups is 1. The van der Waals surface area contributed by atoms with Gasteiger partial charge in [0.1, 0.15) is 5.84 Å². The fourth-order valence-electron chi connectivity index (χ4n) is 1.62. The summed E-state index contributed by atoms with van der Waals surface area (Å²) in [6.45, 7) is 3.52. The highest BCUT2D eigenvalue weighted by molar-refractivity contribution is 6.36. The molecule has 0 fully saturated rings.